The van der Waals surface area contributed by atoms with Crippen LogP contribution in [0.1, 0.15) is 22.7 Å². The number of nitrogens with one attached hydrogen (secondary N) is 1. The number of anilines is 1. The van der Waals surface area contributed by atoms with Gasteiger partial charge in [0.05, 0.1) is 11.6 Å². The summed E-state index contributed by atoms with van der Waals surface area (Å²) in [5, 5.41) is 5.18. The second-order valence-corrected chi connectivity index (χ2v) is 8.67. The van der Waals surface area contributed by atoms with E-state index in [0.717, 1.165) is 44.5 Å². The Bertz CT molecular complexity index is 1420. The summed E-state index contributed by atoms with van der Waals surface area (Å²) in [6, 6.07) is 23.2. The van der Waals surface area contributed by atoms with Crippen molar-refractivity contribution >= 4 is 27.9 Å². The maximum absolute atomic E-state index is 13.4. The predicted molar refractivity (Wildman–Crippen MR) is 127 cm³/mol. The van der Waals surface area contributed by atoms with Crippen LogP contribution in [0.5, 0.6) is 11.5 Å². The Kier molecular flexibility index (Phi) is 4.33. The Morgan fingerprint density at radius 1 is 0.969 bits per heavy atom. The molecule has 0 saturated heterocycles. The van der Waals surface area contributed by atoms with Gasteiger partial charge in [0.1, 0.15) is 11.5 Å². The fourth-order valence-electron chi connectivity index (χ4n) is 4.16. The highest BCUT2D eigenvalue weighted by Gasteiger charge is 2.32. The second-order valence-electron chi connectivity index (χ2n) is 7.83. The molecule has 156 valence electrons. The molecular weight excluding hydrogens is 418 g/mol. The maximum Gasteiger partial charge on any atom is 0.236 e. The molecule has 3 heterocycles. The lowest BCUT2D eigenvalue weighted by atomic mass is 9.87. The highest BCUT2D eigenvalue weighted by Crippen LogP contribution is 2.44. The van der Waals surface area contributed by atoms with Gasteiger partial charge in [-0.25, -0.2) is 4.98 Å². The highest BCUT2D eigenvalue weighted by molar-refractivity contribution is 7.15. The molecule has 6 rings (SSSR count). The first-order valence-corrected chi connectivity index (χ1v) is 11.3. The van der Waals surface area contributed by atoms with Gasteiger partial charge in [0.2, 0.25) is 5.91 Å². The molecule has 0 bridgehead atoms. The van der Waals surface area contributed by atoms with E-state index < -0.39 is 5.92 Å². The number of benzene rings is 3. The van der Waals surface area contributed by atoms with Crippen molar-refractivity contribution in [3.63, 3.8) is 0 Å². The van der Waals surface area contributed by atoms with Crippen molar-refractivity contribution < 1.29 is 9.53 Å². The summed E-state index contributed by atoms with van der Waals surface area (Å²) < 4.78 is 8.10. The molecule has 5 nitrogen and oxygen atoms in total. The molecule has 0 fully saturated rings. The number of para-hydroxylation sites is 2. The van der Waals surface area contributed by atoms with E-state index in [-0.39, 0.29) is 5.91 Å². The number of rotatable bonds is 3. The summed E-state index contributed by atoms with van der Waals surface area (Å²) in [7, 11) is 0. The topological polar surface area (TPSA) is 55.6 Å². The molecule has 1 N–H and O–H groups in total. The molecule has 0 saturated carbocycles. The largest absolute Gasteiger partial charge is 0.457 e. The van der Waals surface area contributed by atoms with Gasteiger partial charge in [-0.2, -0.15) is 0 Å². The fourth-order valence-corrected chi connectivity index (χ4v) is 5.01. The number of fused-ring (bicyclic) bond motifs is 3. The highest BCUT2D eigenvalue weighted by atomic mass is 32.1. The zero-order valence-electron chi connectivity index (χ0n) is 17.3. The van der Waals surface area contributed by atoms with Crippen LogP contribution in [0.15, 0.2) is 84.4 Å². The van der Waals surface area contributed by atoms with Crippen LogP contribution in [0.4, 0.5) is 5.69 Å². The smallest absolute Gasteiger partial charge is 0.236 e. The molecule has 0 atom stereocenters. The molecule has 3 aromatic carbocycles. The Balaban J connectivity index is 1.29. The van der Waals surface area contributed by atoms with Crippen molar-refractivity contribution in [1.82, 2.24) is 9.38 Å². The van der Waals surface area contributed by atoms with E-state index in [1.54, 1.807) is 11.3 Å². The van der Waals surface area contributed by atoms with E-state index >= 15 is 0 Å². The first-order valence-electron chi connectivity index (χ1n) is 10.4. The zero-order valence-corrected chi connectivity index (χ0v) is 18.1. The minimum absolute atomic E-state index is 0.0842. The number of amides is 1. The van der Waals surface area contributed by atoms with Crippen molar-refractivity contribution in [3.05, 3.63) is 101 Å². The Hall–Kier alpha value is -3.90. The number of imidazole rings is 1. The monoisotopic (exact) mass is 437 g/mol. The van der Waals surface area contributed by atoms with Crippen LogP contribution >= 0.6 is 11.3 Å². The van der Waals surface area contributed by atoms with Crippen molar-refractivity contribution in [2.24, 2.45) is 0 Å². The molecule has 0 unspecified atom stereocenters. The zero-order chi connectivity index (χ0) is 21.7. The summed E-state index contributed by atoms with van der Waals surface area (Å²) in [6.45, 7) is 2.07. The number of carbonyl (C=O) groups excluding carboxylic acids is 1. The first-order chi connectivity index (χ1) is 15.7. The number of aryl methyl sites for hydroxylation is 1. The number of ether oxygens (including phenoxy) is 1. The SMILES string of the molecule is Cc1csc2nc(-c3ccc(NC(=O)C4c5ccccc5Oc5ccccc54)cc3)cn12. The summed E-state index contributed by atoms with van der Waals surface area (Å²) >= 11 is 1.63. The number of aromatic nitrogens is 2. The molecule has 2 aromatic heterocycles. The molecule has 1 aliphatic rings. The van der Waals surface area contributed by atoms with E-state index in [0.29, 0.717) is 0 Å². The normalized spacial score (nSPS) is 12.8. The van der Waals surface area contributed by atoms with Gasteiger partial charge in [-0.1, -0.05) is 48.5 Å². The minimum atomic E-state index is -0.432. The third kappa shape index (κ3) is 3.08. The van der Waals surface area contributed by atoms with Crippen molar-refractivity contribution in [2.75, 3.05) is 5.32 Å². The predicted octanol–water partition coefficient (Wildman–Crippen LogP) is 6.25. The van der Waals surface area contributed by atoms with Gasteiger partial charge >= 0.3 is 0 Å². The van der Waals surface area contributed by atoms with Gasteiger partial charge in [-0.15, -0.1) is 11.3 Å². The van der Waals surface area contributed by atoms with Gasteiger partial charge in [-0.3, -0.25) is 9.20 Å². The third-order valence-electron chi connectivity index (χ3n) is 5.78. The van der Waals surface area contributed by atoms with Crippen LogP contribution in [0.25, 0.3) is 16.2 Å². The lowest BCUT2D eigenvalue weighted by Gasteiger charge is -2.27. The number of hydrogen-bond donors (Lipinski definition) is 1. The van der Waals surface area contributed by atoms with Gasteiger partial charge in [0, 0.05) is 39.6 Å². The average molecular weight is 438 g/mol. The molecule has 5 aromatic rings. The van der Waals surface area contributed by atoms with Crippen LogP contribution < -0.4 is 10.1 Å². The van der Waals surface area contributed by atoms with Crippen molar-refractivity contribution in [2.45, 2.75) is 12.8 Å². The summed E-state index contributed by atoms with van der Waals surface area (Å²) in [5.41, 5.74) is 5.59. The van der Waals surface area contributed by atoms with Crippen LogP contribution in [-0.4, -0.2) is 15.3 Å². The molecule has 32 heavy (non-hydrogen) atoms. The van der Waals surface area contributed by atoms with E-state index in [1.165, 1.54) is 5.69 Å². The maximum atomic E-state index is 13.4. The van der Waals surface area contributed by atoms with Crippen LogP contribution in [0, 0.1) is 6.92 Å². The average Bonchev–Trinajstić information content (AvgIpc) is 3.40. The standard InChI is InChI=1S/C26H19N3O2S/c1-16-15-32-26-28-21(14-29(16)26)17-10-12-18(13-11-17)27-25(30)24-19-6-2-4-8-22(19)31-23-9-5-3-7-20(23)24/h2-15,24H,1H3,(H,27,30). The van der Waals surface area contributed by atoms with Crippen molar-refractivity contribution in [3.8, 4) is 22.8 Å². The molecule has 1 amide bonds. The van der Waals surface area contributed by atoms with Crippen LogP contribution in [-0.2, 0) is 4.79 Å². The quantitative estimate of drug-likeness (QED) is 0.363. The van der Waals surface area contributed by atoms with Gasteiger partial charge in [-0.05, 0) is 31.2 Å². The second kappa shape index (κ2) is 7.35. The first kappa shape index (κ1) is 18.8. The van der Waals surface area contributed by atoms with Crippen molar-refractivity contribution in [1.29, 1.82) is 0 Å². The number of carbonyl (C=O) groups is 1. The Morgan fingerprint density at radius 2 is 1.62 bits per heavy atom. The molecule has 6 heteroatoms. The molecule has 0 spiro atoms. The summed E-state index contributed by atoms with van der Waals surface area (Å²) in [5.74, 6) is 0.922. The molecule has 0 aliphatic carbocycles. The van der Waals surface area contributed by atoms with E-state index in [2.05, 4.69) is 22.0 Å². The fraction of sp³-hybridized carbons (Fsp3) is 0.0769. The van der Waals surface area contributed by atoms with Gasteiger partial charge in [0.15, 0.2) is 4.96 Å². The molecule has 1 aliphatic heterocycles. The Morgan fingerprint density at radius 3 is 2.28 bits per heavy atom. The van der Waals surface area contributed by atoms with Crippen LogP contribution in [0.2, 0.25) is 0 Å². The third-order valence-corrected chi connectivity index (χ3v) is 6.74. The summed E-state index contributed by atoms with van der Waals surface area (Å²) in [4.78, 5) is 19.1. The van der Waals surface area contributed by atoms with E-state index in [4.69, 9.17) is 9.72 Å². The van der Waals surface area contributed by atoms with E-state index in [9.17, 15) is 4.79 Å². The number of hydrogen-bond acceptors (Lipinski definition) is 4. The van der Waals surface area contributed by atoms with E-state index in [1.807, 2.05) is 79.0 Å². The lowest BCUT2D eigenvalue weighted by Crippen LogP contribution is -2.25. The molecule has 0 radical (unpaired) electrons. The lowest BCUT2D eigenvalue weighted by molar-refractivity contribution is -0.116. The van der Waals surface area contributed by atoms with Gasteiger partial charge < -0.3 is 10.1 Å². The minimum Gasteiger partial charge on any atom is -0.457 e. The number of thiazole rings is 1. The number of nitrogens with zero attached hydrogens (tertiary/aromatic N) is 2. The Labute approximate surface area is 188 Å². The van der Waals surface area contributed by atoms with Gasteiger partial charge in [0.25, 0.3) is 0 Å². The van der Waals surface area contributed by atoms with Crippen LogP contribution in [0.3, 0.4) is 0 Å². The summed E-state index contributed by atoms with van der Waals surface area (Å²) in [6.07, 6.45) is 2.05. The molecular formula is C26H19N3O2S.